The number of nitriles is 1. The molecule has 0 aromatic carbocycles. The van der Waals surface area contributed by atoms with Crippen molar-refractivity contribution >= 4 is 0 Å². The predicted molar refractivity (Wildman–Crippen MR) is 64.4 cm³/mol. The Balaban J connectivity index is 2.11. The van der Waals surface area contributed by atoms with E-state index in [1.54, 1.807) is 18.3 Å². The van der Waals surface area contributed by atoms with Gasteiger partial charge >= 0.3 is 0 Å². The van der Waals surface area contributed by atoms with Gasteiger partial charge in [0.1, 0.15) is 17.7 Å². The molecule has 2 atom stereocenters. The van der Waals surface area contributed by atoms with E-state index in [1.807, 2.05) is 0 Å². The summed E-state index contributed by atoms with van der Waals surface area (Å²) < 4.78 is 5.81. The van der Waals surface area contributed by atoms with Crippen molar-refractivity contribution in [2.24, 2.45) is 5.73 Å². The molecule has 1 saturated carbocycles. The van der Waals surface area contributed by atoms with Crippen LogP contribution in [0.2, 0.25) is 0 Å². The van der Waals surface area contributed by atoms with E-state index in [4.69, 9.17) is 15.7 Å². The van der Waals surface area contributed by atoms with Crippen LogP contribution in [0.5, 0.6) is 5.88 Å². The summed E-state index contributed by atoms with van der Waals surface area (Å²) in [5.41, 5.74) is 6.56. The Kier molecular flexibility index (Phi) is 3.94. The first-order valence-corrected chi connectivity index (χ1v) is 6.08. The zero-order valence-electron chi connectivity index (χ0n) is 9.80. The standard InChI is InChI=1S/C13H17N3O/c14-9-10-5-4-8-16-13(10)17-12-7-3-1-2-6-11(12)15/h4-5,8,11-12H,1-3,6-7,15H2. The molecule has 0 bridgehead atoms. The molecule has 90 valence electrons. The van der Waals surface area contributed by atoms with E-state index in [2.05, 4.69) is 11.1 Å². The van der Waals surface area contributed by atoms with Gasteiger partial charge in [0.15, 0.2) is 0 Å². The lowest BCUT2D eigenvalue weighted by atomic mass is 10.1. The molecule has 2 rings (SSSR count). The van der Waals surface area contributed by atoms with Crippen LogP contribution in [0, 0.1) is 11.3 Å². The molecule has 1 aromatic heterocycles. The number of rotatable bonds is 2. The van der Waals surface area contributed by atoms with Gasteiger partial charge in [-0.2, -0.15) is 5.26 Å². The summed E-state index contributed by atoms with van der Waals surface area (Å²) in [5, 5.41) is 8.97. The zero-order valence-corrected chi connectivity index (χ0v) is 9.80. The van der Waals surface area contributed by atoms with Gasteiger partial charge in [-0.25, -0.2) is 4.98 Å². The van der Waals surface area contributed by atoms with Gasteiger partial charge in [0.25, 0.3) is 0 Å². The number of pyridine rings is 1. The molecule has 0 saturated heterocycles. The third-order valence-electron chi connectivity index (χ3n) is 3.16. The number of nitrogens with zero attached hydrogens (tertiary/aromatic N) is 2. The minimum Gasteiger partial charge on any atom is -0.472 e. The summed E-state index contributed by atoms with van der Waals surface area (Å²) in [7, 11) is 0. The van der Waals surface area contributed by atoms with Gasteiger partial charge in [-0.05, 0) is 31.4 Å². The van der Waals surface area contributed by atoms with Crippen LogP contribution in [-0.2, 0) is 0 Å². The molecule has 0 aliphatic heterocycles. The molecule has 17 heavy (non-hydrogen) atoms. The van der Waals surface area contributed by atoms with E-state index in [9.17, 15) is 0 Å². The monoisotopic (exact) mass is 231 g/mol. The summed E-state index contributed by atoms with van der Waals surface area (Å²) in [5.74, 6) is 0.414. The van der Waals surface area contributed by atoms with Gasteiger partial charge < -0.3 is 10.5 Å². The summed E-state index contributed by atoms with van der Waals surface area (Å²) in [4.78, 5) is 4.11. The highest BCUT2D eigenvalue weighted by Gasteiger charge is 2.23. The lowest BCUT2D eigenvalue weighted by Gasteiger charge is -2.22. The lowest BCUT2D eigenvalue weighted by Crippen LogP contribution is -2.38. The fourth-order valence-corrected chi connectivity index (χ4v) is 2.16. The second-order valence-electron chi connectivity index (χ2n) is 4.43. The van der Waals surface area contributed by atoms with Gasteiger partial charge in [-0.1, -0.05) is 12.8 Å². The minimum absolute atomic E-state index is 0.0144. The fourth-order valence-electron chi connectivity index (χ4n) is 2.16. The van der Waals surface area contributed by atoms with Crippen molar-refractivity contribution in [3.8, 4) is 11.9 Å². The van der Waals surface area contributed by atoms with Crippen LogP contribution in [0.3, 0.4) is 0 Å². The van der Waals surface area contributed by atoms with Crippen molar-refractivity contribution in [3.05, 3.63) is 23.9 Å². The molecule has 1 aromatic rings. The van der Waals surface area contributed by atoms with Gasteiger partial charge in [0.2, 0.25) is 5.88 Å². The van der Waals surface area contributed by atoms with Gasteiger partial charge in [-0.3, -0.25) is 0 Å². The van der Waals surface area contributed by atoms with Crippen molar-refractivity contribution in [3.63, 3.8) is 0 Å². The average Bonchev–Trinajstić information content (AvgIpc) is 2.56. The van der Waals surface area contributed by atoms with Crippen LogP contribution in [0.4, 0.5) is 0 Å². The van der Waals surface area contributed by atoms with E-state index in [1.165, 1.54) is 6.42 Å². The van der Waals surface area contributed by atoms with Crippen molar-refractivity contribution in [1.82, 2.24) is 4.98 Å². The molecule has 0 spiro atoms. The summed E-state index contributed by atoms with van der Waals surface area (Å²) in [6.07, 6.45) is 7.06. The molecule has 2 unspecified atom stereocenters. The zero-order chi connectivity index (χ0) is 12.1. The molecule has 2 N–H and O–H groups in total. The van der Waals surface area contributed by atoms with Crippen molar-refractivity contribution in [2.45, 2.75) is 44.2 Å². The summed E-state index contributed by atoms with van der Waals surface area (Å²) in [6, 6.07) is 5.58. The molecule has 1 aliphatic carbocycles. The van der Waals surface area contributed by atoms with Crippen molar-refractivity contribution < 1.29 is 4.74 Å². The molecule has 0 radical (unpaired) electrons. The van der Waals surface area contributed by atoms with E-state index >= 15 is 0 Å². The van der Waals surface area contributed by atoms with Crippen LogP contribution >= 0.6 is 0 Å². The largest absolute Gasteiger partial charge is 0.472 e. The van der Waals surface area contributed by atoms with E-state index in [-0.39, 0.29) is 12.1 Å². The minimum atomic E-state index is -0.0144. The highest BCUT2D eigenvalue weighted by Crippen LogP contribution is 2.22. The topological polar surface area (TPSA) is 71.9 Å². The Bertz CT molecular complexity index is 413. The van der Waals surface area contributed by atoms with Crippen molar-refractivity contribution in [1.29, 1.82) is 5.26 Å². The summed E-state index contributed by atoms with van der Waals surface area (Å²) >= 11 is 0. The Labute approximate surface area is 101 Å². The first-order valence-electron chi connectivity index (χ1n) is 6.08. The highest BCUT2D eigenvalue weighted by molar-refractivity contribution is 5.37. The first-order chi connectivity index (χ1) is 8.31. The van der Waals surface area contributed by atoms with Gasteiger partial charge in [-0.15, -0.1) is 0 Å². The third-order valence-corrected chi connectivity index (χ3v) is 3.16. The predicted octanol–water partition coefficient (Wildman–Crippen LogP) is 1.99. The van der Waals surface area contributed by atoms with Crippen LogP contribution in [0.25, 0.3) is 0 Å². The second-order valence-corrected chi connectivity index (χ2v) is 4.43. The maximum absolute atomic E-state index is 8.97. The number of aromatic nitrogens is 1. The number of ether oxygens (including phenoxy) is 1. The average molecular weight is 231 g/mol. The molecule has 4 heteroatoms. The lowest BCUT2D eigenvalue weighted by molar-refractivity contribution is 0.155. The second kappa shape index (κ2) is 5.65. The van der Waals surface area contributed by atoms with Gasteiger partial charge in [0, 0.05) is 12.2 Å². The first kappa shape index (κ1) is 11.9. The highest BCUT2D eigenvalue weighted by atomic mass is 16.5. The molecule has 4 nitrogen and oxygen atoms in total. The van der Waals surface area contributed by atoms with E-state index in [0.29, 0.717) is 11.4 Å². The molecular weight excluding hydrogens is 214 g/mol. The molecular formula is C13H17N3O. The van der Waals surface area contributed by atoms with E-state index < -0.39 is 0 Å². The molecule has 1 fully saturated rings. The Morgan fingerprint density at radius 2 is 2.18 bits per heavy atom. The van der Waals surface area contributed by atoms with Crippen LogP contribution in [-0.4, -0.2) is 17.1 Å². The quantitative estimate of drug-likeness (QED) is 0.790. The van der Waals surface area contributed by atoms with Crippen LogP contribution in [0.15, 0.2) is 18.3 Å². The van der Waals surface area contributed by atoms with Crippen molar-refractivity contribution in [2.75, 3.05) is 0 Å². The third kappa shape index (κ3) is 2.95. The van der Waals surface area contributed by atoms with E-state index in [0.717, 1.165) is 25.7 Å². The maximum Gasteiger partial charge on any atom is 0.231 e. The van der Waals surface area contributed by atoms with Crippen LogP contribution in [0.1, 0.15) is 37.7 Å². The SMILES string of the molecule is N#Cc1cccnc1OC1CCCCCC1N. The molecule has 0 amide bonds. The van der Waals surface area contributed by atoms with Gasteiger partial charge in [0.05, 0.1) is 0 Å². The van der Waals surface area contributed by atoms with Crippen LogP contribution < -0.4 is 10.5 Å². The number of hydrogen-bond acceptors (Lipinski definition) is 4. The molecule has 1 aliphatic rings. The molecule has 1 heterocycles. The normalized spacial score (nSPS) is 24.7. The fraction of sp³-hybridized carbons (Fsp3) is 0.538. The number of hydrogen-bond donors (Lipinski definition) is 1. The smallest absolute Gasteiger partial charge is 0.231 e. The Hall–Kier alpha value is -1.60. The number of nitrogens with two attached hydrogens (primary N) is 1. The summed E-state index contributed by atoms with van der Waals surface area (Å²) in [6.45, 7) is 0. The maximum atomic E-state index is 8.97. The Morgan fingerprint density at radius 3 is 3.00 bits per heavy atom. The Morgan fingerprint density at radius 1 is 1.35 bits per heavy atom.